The summed E-state index contributed by atoms with van der Waals surface area (Å²) in [6, 6.07) is 12.3. The summed E-state index contributed by atoms with van der Waals surface area (Å²) in [5, 5.41) is 6.62. The molecule has 1 aliphatic heterocycles. The van der Waals surface area contributed by atoms with E-state index in [2.05, 4.69) is 15.6 Å². The number of imidazole rings is 1. The number of carbonyl (C=O) groups is 1. The molecule has 0 spiro atoms. The minimum absolute atomic E-state index is 0.175. The molecule has 0 unspecified atom stereocenters. The van der Waals surface area contributed by atoms with Crippen LogP contribution in [-0.2, 0) is 6.42 Å². The topological polar surface area (TPSA) is 79.0 Å². The molecule has 184 valence electrons. The van der Waals surface area contributed by atoms with E-state index < -0.39 is 17.3 Å². The van der Waals surface area contributed by atoms with Crippen LogP contribution >= 0.6 is 11.6 Å². The van der Waals surface area contributed by atoms with Crippen molar-refractivity contribution in [2.24, 2.45) is 0 Å². The molecule has 0 radical (unpaired) electrons. The lowest BCUT2D eigenvalue weighted by Crippen LogP contribution is -2.25. The van der Waals surface area contributed by atoms with Crippen LogP contribution in [0.1, 0.15) is 59.7 Å². The van der Waals surface area contributed by atoms with Crippen molar-refractivity contribution in [3.8, 4) is 5.75 Å². The van der Waals surface area contributed by atoms with E-state index in [0.717, 1.165) is 40.7 Å². The number of carbonyl (C=O) groups excluding carboxylic acids is 1. The maximum Gasteiger partial charge on any atom is 0.259 e. The average Bonchev–Trinajstić information content (AvgIpc) is 3.50. The molecule has 1 amide bonds. The van der Waals surface area contributed by atoms with Crippen LogP contribution in [-0.4, -0.2) is 21.5 Å². The molecule has 0 saturated heterocycles. The lowest BCUT2D eigenvalue weighted by Gasteiger charge is -2.18. The Bertz CT molecular complexity index is 1520. The van der Waals surface area contributed by atoms with E-state index in [0.29, 0.717) is 40.1 Å². The Morgan fingerprint density at radius 2 is 2.03 bits per heavy atom. The van der Waals surface area contributed by atoms with Crippen LogP contribution in [0.2, 0.25) is 5.02 Å². The number of hydrogen-bond acceptors (Lipinski definition) is 4. The number of aryl methyl sites for hydroxylation is 1. The normalized spacial score (nSPS) is 16.0. The van der Waals surface area contributed by atoms with Crippen LogP contribution in [0.15, 0.2) is 42.5 Å². The molecule has 1 aromatic heterocycles. The first-order valence-corrected chi connectivity index (χ1v) is 12.4. The van der Waals surface area contributed by atoms with Crippen molar-refractivity contribution in [3.05, 3.63) is 75.6 Å². The lowest BCUT2D eigenvalue weighted by molar-refractivity contribution is 0.101. The monoisotopic (exact) mass is 504 g/mol. The Morgan fingerprint density at radius 3 is 2.78 bits per heavy atom. The molecule has 0 atom stereocenters. The number of ether oxygens (including phenoxy) is 1. The standard InChI is InChI=1S/C28H26ClFN4O2/c1-14-5-4-6-19(29)23(14)33-27-32-22-12-17(25-18(24(22)34-27)13-28(2,3)36-25)26(35)31-21-11-16(15-7-8-15)9-10-20(21)30/h4-6,9-12,15H,7-8,13H2,1-3H3,(H,31,35)(H2,32,33,34). The van der Waals surface area contributed by atoms with Gasteiger partial charge in [0, 0.05) is 12.0 Å². The summed E-state index contributed by atoms with van der Waals surface area (Å²) in [5.41, 5.74) is 5.06. The molecular formula is C28H26ClFN4O2. The number of rotatable bonds is 5. The van der Waals surface area contributed by atoms with Crippen LogP contribution in [0.25, 0.3) is 11.0 Å². The fraction of sp³-hybridized carbons (Fsp3) is 0.286. The molecule has 3 N–H and O–H groups in total. The highest BCUT2D eigenvalue weighted by Crippen LogP contribution is 2.44. The van der Waals surface area contributed by atoms with Gasteiger partial charge in [-0.15, -0.1) is 0 Å². The fourth-order valence-electron chi connectivity index (χ4n) is 4.86. The number of anilines is 3. The Kier molecular flexibility index (Phi) is 5.23. The highest BCUT2D eigenvalue weighted by atomic mass is 35.5. The highest BCUT2D eigenvalue weighted by Gasteiger charge is 2.36. The van der Waals surface area contributed by atoms with Crippen molar-refractivity contribution >= 4 is 45.9 Å². The summed E-state index contributed by atoms with van der Waals surface area (Å²) in [6.07, 6.45) is 2.78. The van der Waals surface area contributed by atoms with E-state index in [1.54, 1.807) is 18.2 Å². The van der Waals surface area contributed by atoms with Crippen molar-refractivity contribution in [2.45, 2.75) is 51.6 Å². The van der Waals surface area contributed by atoms with E-state index in [1.807, 2.05) is 39.0 Å². The summed E-state index contributed by atoms with van der Waals surface area (Å²) in [5.74, 6) is 0.551. The number of H-pyrrole nitrogens is 1. The van der Waals surface area contributed by atoms with Gasteiger partial charge in [0.15, 0.2) is 0 Å². The highest BCUT2D eigenvalue weighted by molar-refractivity contribution is 6.33. The first kappa shape index (κ1) is 22.9. The van der Waals surface area contributed by atoms with Gasteiger partial charge >= 0.3 is 0 Å². The number of amides is 1. The number of benzene rings is 3. The molecule has 1 fully saturated rings. The van der Waals surface area contributed by atoms with Crippen LogP contribution in [0.3, 0.4) is 0 Å². The number of fused-ring (bicyclic) bond motifs is 3. The van der Waals surface area contributed by atoms with Crippen LogP contribution < -0.4 is 15.4 Å². The second-order valence-corrected chi connectivity index (χ2v) is 10.7. The molecule has 1 saturated carbocycles. The van der Waals surface area contributed by atoms with Gasteiger partial charge in [0.1, 0.15) is 17.2 Å². The summed E-state index contributed by atoms with van der Waals surface area (Å²) in [4.78, 5) is 21.5. The molecule has 3 aromatic carbocycles. The zero-order chi connectivity index (χ0) is 25.2. The first-order valence-electron chi connectivity index (χ1n) is 12.1. The van der Waals surface area contributed by atoms with Gasteiger partial charge < -0.3 is 20.4 Å². The SMILES string of the molecule is Cc1cccc(Cl)c1Nc1nc2cc(C(=O)Nc3cc(C4CC4)ccc3F)c3c(c2[nH]1)CC(C)(C)O3. The Labute approximate surface area is 213 Å². The van der Waals surface area contributed by atoms with Gasteiger partial charge in [0.05, 0.1) is 33.0 Å². The van der Waals surface area contributed by atoms with Crippen molar-refractivity contribution in [3.63, 3.8) is 0 Å². The predicted molar refractivity (Wildman–Crippen MR) is 140 cm³/mol. The molecule has 0 bridgehead atoms. The van der Waals surface area contributed by atoms with Gasteiger partial charge in [-0.05, 0) is 74.9 Å². The number of para-hydroxylation sites is 1. The summed E-state index contributed by atoms with van der Waals surface area (Å²) in [7, 11) is 0. The average molecular weight is 505 g/mol. The first-order chi connectivity index (χ1) is 17.2. The van der Waals surface area contributed by atoms with E-state index in [9.17, 15) is 9.18 Å². The van der Waals surface area contributed by atoms with Gasteiger partial charge in [-0.25, -0.2) is 9.37 Å². The number of halogens is 2. The maximum atomic E-state index is 14.6. The predicted octanol–water partition coefficient (Wildman–Crippen LogP) is 7.25. The zero-order valence-electron chi connectivity index (χ0n) is 20.3. The molecule has 1 aliphatic carbocycles. The Morgan fingerprint density at radius 1 is 1.22 bits per heavy atom. The number of aromatic nitrogens is 2. The van der Waals surface area contributed by atoms with E-state index in [-0.39, 0.29) is 5.69 Å². The second kappa shape index (κ2) is 8.23. The molecule has 36 heavy (non-hydrogen) atoms. The van der Waals surface area contributed by atoms with E-state index in [1.165, 1.54) is 6.07 Å². The van der Waals surface area contributed by atoms with Gasteiger partial charge in [-0.3, -0.25) is 4.79 Å². The summed E-state index contributed by atoms with van der Waals surface area (Å²) in [6.45, 7) is 5.91. The Balaban J connectivity index is 1.39. The summed E-state index contributed by atoms with van der Waals surface area (Å²) >= 11 is 6.39. The minimum Gasteiger partial charge on any atom is -0.486 e. The zero-order valence-corrected chi connectivity index (χ0v) is 21.0. The summed E-state index contributed by atoms with van der Waals surface area (Å²) < 4.78 is 20.8. The van der Waals surface area contributed by atoms with E-state index in [4.69, 9.17) is 21.3 Å². The van der Waals surface area contributed by atoms with Gasteiger partial charge in [-0.2, -0.15) is 0 Å². The van der Waals surface area contributed by atoms with Gasteiger partial charge in [0.2, 0.25) is 5.95 Å². The van der Waals surface area contributed by atoms with Crippen LogP contribution in [0.5, 0.6) is 5.75 Å². The minimum atomic E-state index is -0.499. The largest absolute Gasteiger partial charge is 0.486 e. The fourth-order valence-corrected chi connectivity index (χ4v) is 5.13. The molecule has 6 nitrogen and oxygen atoms in total. The molecular weight excluding hydrogens is 479 g/mol. The quantitative estimate of drug-likeness (QED) is 0.267. The maximum absolute atomic E-state index is 14.6. The van der Waals surface area contributed by atoms with Crippen molar-refractivity contribution in [2.75, 3.05) is 10.6 Å². The van der Waals surface area contributed by atoms with Crippen LogP contribution in [0.4, 0.5) is 21.7 Å². The van der Waals surface area contributed by atoms with E-state index >= 15 is 0 Å². The molecule has 4 aromatic rings. The van der Waals surface area contributed by atoms with Crippen molar-refractivity contribution in [1.82, 2.24) is 9.97 Å². The molecule has 2 aliphatic rings. The second-order valence-electron chi connectivity index (χ2n) is 10.3. The molecule has 2 heterocycles. The number of hydrogen-bond donors (Lipinski definition) is 3. The number of nitrogens with one attached hydrogen (secondary N) is 3. The lowest BCUT2D eigenvalue weighted by atomic mass is 9.98. The Hall–Kier alpha value is -3.58. The number of aromatic amines is 1. The van der Waals surface area contributed by atoms with Crippen LogP contribution in [0, 0.1) is 12.7 Å². The third kappa shape index (κ3) is 4.07. The number of nitrogens with zero attached hydrogens (tertiary/aromatic N) is 1. The van der Waals surface area contributed by atoms with Gasteiger partial charge in [0.25, 0.3) is 5.91 Å². The van der Waals surface area contributed by atoms with Crippen molar-refractivity contribution in [1.29, 1.82) is 0 Å². The van der Waals surface area contributed by atoms with Crippen molar-refractivity contribution < 1.29 is 13.9 Å². The third-order valence-corrected chi connectivity index (χ3v) is 7.13. The third-order valence-electron chi connectivity index (χ3n) is 6.81. The van der Waals surface area contributed by atoms with Gasteiger partial charge in [-0.1, -0.05) is 29.8 Å². The molecule has 8 heteroatoms. The molecule has 6 rings (SSSR count). The smallest absolute Gasteiger partial charge is 0.259 e.